The van der Waals surface area contributed by atoms with E-state index in [1.165, 1.54) is 16.7 Å². The summed E-state index contributed by atoms with van der Waals surface area (Å²) in [5.41, 5.74) is 1.68. The van der Waals surface area contributed by atoms with Crippen molar-refractivity contribution in [3.05, 3.63) is 54.9 Å². The van der Waals surface area contributed by atoms with E-state index in [2.05, 4.69) is 15.2 Å². The van der Waals surface area contributed by atoms with Crippen LogP contribution in [-0.2, 0) is 19.1 Å². The SMILES string of the molecule is CCOC(=O)CN(CCOC)C(=O)CSc1nnc(-c2cccnc2)n1-c1ccccc1. The number of benzene rings is 1. The van der Waals surface area contributed by atoms with E-state index in [1.54, 1.807) is 26.4 Å². The Balaban J connectivity index is 1.81. The summed E-state index contributed by atoms with van der Waals surface area (Å²) < 4.78 is 11.9. The molecule has 0 aliphatic heterocycles. The normalized spacial score (nSPS) is 10.7. The first-order valence-electron chi connectivity index (χ1n) is 10.1. The standard InChI is InChI=1S/C22H25N5O4S/c1-3-31-20(29)15-26(12-13-30-2)19(28)16-32-22-25-24-21(17-8-7-11-23-14-17)27(22)18-9-5-4-6-10-18/h4-11,14H,3,12-13,15-16H2,1-2H3. The van der Waals surface area contributed by atoms with Crippen LogP contribution in [0.15, 0.2) is 60.0 Å². The number of amides is 1. The van der Waals surface area contributed by atoms with Gasteiger partial charge >= 0.3 is 5.97 Å². The van der Waals surface area contributed by atoms with Crippen LogP contribution in [0.1, 0.15) is 6.92 Å². The first-order chi connectivity index (χ1) is 15.6. The number of nitrogens with zero attached hydrogens (tertiary/aromatic N) is 5. The molecule has 0 fully saturated rings. The van der Waals surface area contributed by atoms with Crippen LogP contribution >= 0.6 is 11.8 Å². The van der Waals surface area contributed by atoms with Gasteiger partial charge in [-0.25, -0.2) is 0 Å². The third kappa shape index (κ3) is 6.14. The Hall–Kier alpha value is -3.24. The molecule has 3 aromatic rings. The minimum absolute atomic E-state index is 0.0845. The van der Waals surface area contributed by atoms with Crippen molar-refractivity contribution < 1.29 is 19.1 Å². The summed E-state index contributed by atoms with van der Waals surface area (Å²) in [5.74, 6) is 0.0436. The molecule has 0 saturated heterocycles. The van der Waals surface area contributed by atoms with Crippen LogP contribution in [0.2, 0.25) is 0 Å². The molecule has 0 aliphatic rings. The predicted octanol–water partition coefficient (Wildman–Crippen LogP) is 2.46. The Labute approximate surface area is 190 Å². The van der Waals surface area contributed by atoms with Crippen molar-refractivity contribution in [1.29, 1.82) is 0 Å². The lowest BCUT2D eigenvalue weighted by atomic mass is 10.2. The van der Waals surface area contributed by atoms with Crippen molar-refractivity contribution >= 4 is 23.6 Å². The number of methoxy groups -OCH3 is 1. The number of pyridine rings is 1. The molecule has 32 heavy (non-hydrogen) atoms. The number of para-hydroxylation sites is 1. The minimum Gasteiger partial charge on any atom is -0.465 e. The molecule has 3 rings (SSSR count). The zero-order valence-corrected chi connectivity index (χ0v) is 18.8. The lowest BCUT2D eigenvalue weighted by Gasteiger charge is -2.21. The van der Waals surface area contributed by atoms with Gasteiger partial charge in [0.2, 0.25) is 5.91 Å². The molecule has 2 heterocycles. The fraction of sp³-hybridized carbons (Fsp3) is 0.318. The van der Waals surface area contributed by atoms with E-state index in [1.807, 2.05) is 47.0 Å². The maximum absolute atomic E-state index is 12.9. The molecule has 0 spiro atoms. The van der Waals surface area contributed by atoms with Crippen LogP contribution in [0, 0.1) is 0 Å². The van der Waals surface area contributed by atoms with Gasteiger partial charge in [-0.3, -0.25) is 19.1 Å². The third-order valence-corrected chi connectivity index (χ3v) is 5.35. The average molecular weight is 456 g/mol. The number of hydrogen-bond acceptors (Lipinski definition) is 8. The van der Waals surface area contributed by atoms with E-state index in [0.29, 0.717) is 24.1 Å². The molecule has 1 aromatic carbocycles. The molecule has 0 bridgehead atoms. The number of esters is 1. The summed E-state index contributed by atoms with van der Waals surface area (Å²) in [6.07, 6.45) is 3.41. The Morgan fingerprint density at radius 3 is 2.62 bits per heavy atom. The summed E-state index contributed by atoms with van der Waals surface area (Å²) in [6.45, 7) is 2.48. The van der Waals surface area contributed by atoms with Gasteiger partial charge in [0, 0.05) is 37.3 Å². The Bertz CT molecular complexity index is 1010. The van der Waals surface area contributed by atoms with Crippen LogP contribution in [-0.4, -0.2) is 75.7 Å². The van der Waals surface area contributed by atoms with Gasteiger partial charge in [-0.15, -0.1) is 10.2 Å². The number of carbonyl (C=O) groups is 2. The van der Waals surface area contributed by atoms with Crippen molar-refractivity contribution in [2.75, 3.05) is 39.2 Å². The zero-order valence-electron chi connectivity index (χ0n) is 18.0. The second kappa shape index (κ2) is 12.0. The second-order valence-corrected chi connectivity index (χ2v) is 7.56. The molecule has 9 nitrogen and oxygen atoms in total. The van der Waals surface area contributed by atoms with Crippen molar-refractivity contribution in [2.24, 2.45) is 0 Å². The highest BCUT2D eigenvalue weighted by Gasteiger charge is 2.21. The molecule has 2 aromatic heterocycles. The molecular formula is C22H25N5O4S. The highest BCUT2D eigenvalue weighted by Crippen LogP contribution is 2.27. The number of hydrogen-bond donors (Lipinski definition) is 0. The molecule has 10 heteroatoms. The van der Waals surface area contributed by atoms with E-state index < -0.39 is 5.97 Å². The maximum atomic E-state index is 12.9. The van der Waals surface area contributed by atoms with Gasteiger partial charge in [-0.1, -0.05) is 30.0 Å². The molecule has 0 radical (unpaired) electrons. The Morgan fingerprint density at radius 2 is 1.94 bits per heavy atom. The lowest BCUT2D eigenvalue weighted by Crippen LogP contribution is -2.39. The fourth-order valence-electron chi connectivity index (χ4n) is 2.93. The number of thioether (sulfide) groups is 1. The molecule has 168 valence electrons. The molecule has 0 aliphatic carbocycles. The largest absolute Gasteiger partial charge is 0.465 e. The first kappa shape index (κ1) is 23.4. The van der Waals surface area contributed by atoms with E-state index in [0.717, 1.165) is 11.3 Å². The number of ether oxygens (including phenoxy) is 2. The van der Waals surface area contributed by atoms with Gasteiger partial charge < -0.3 is 14.4 Å². The van der Waals surface area contributed by atoms with Crippen LogP contribution in [0.4, 0.5) is 0 Å². The molecular weight excluding hydrogens is 430 g/mol. The first-order valence-corrected chi connectivity index (χ1v) is 11.1. The molecule has 0 atom stereocenters. The Morgan fingerprint density at radius 1 is 1.12 bits per heavy atom. The summed E-state index contributed by atoms with van der Waals surface area (Å²) in [5, 5.41) is 9.22. The van der Waals surface area contributed by atoms with Crippen molar-refractivity contribution in [3.8, 4) is 17.1 Å². The van der Waals surface area contributed by atoms with Gasteiger partial charge in [0.15, 0.2) is 11.0 Å². The highest BCUT2D eigenvalue weighted by atomic mass is 32.2. The maximum Gasteiger partial charge on any atom is 0.325 e. The van der Waals surface area contributed by atoms with Gasteiger partial charge in [0.1, 0.15) is 6.54 Å². The summed E-state index contributed by atoms with van der Waals surface area (Å²) >= 11 is 1.25. The fourth-order valence-corrected chi connectivity index (χ4v) is 3.78. The van der Waals surface area contributed by atoms with Gasteiger partial charge in [-0.05, 0) is 31.2 Å². The van der Waals surface area contributed by atoms with Gasteiger partial charge in [0.05, 0.1) is 19.0 Å². The second-order valence-electron chi connectivity index (χ2n) is 6.62. The zero-order chi connectivity index (χ0) is 22.8. The van der Waals surface area contributed by atoms with Crippen molar-refractivity contribution in [3.63, 3.8) is 0 Å². The van der Waals surface area contributed by atoms with E-state index in [9.17, 15) is 9.59 Å². The monoisotopic (exact) mass is 455 g/mol. The van der Waals surface area contributed by atoms with E-state index in [-0.39, 0.29) is 24.8 Å². The highest BCUT2D eigenvalue weighted by molar-refractivity contribution is 7.99. The molecule has 1 amide bonds. The van der Waals surface area contributed by atoms with Crippen LogP contribution < -0.4 is 0 Å². The average Bonchev–Trinajstić information content (AvgIpc) is 3.25. The quantitative estimate of drug-likeness (QED) is 0.321. The Kier molecular flexibility index (Phi) is 8.76. The lowest BCUT2D eigenvalue weighted by molar-refractivity contribution is -0.148. The van der Waals surface area contributed by atoms with Crippen LogP contribution in [0.3, 0.4) is 0 Å². The third-order valence-electron chi connectivity index (χ3n) is 4.44. The van der Waals surface area contributed by atoms with Gasteiger partial charge in [-0.2, -0.15) is 0 Å². The van der Waals surface area contributed by atoms with E-state index in [4.69, 9.17) is 9.47 Å². The summed E-state index contributed by atoms with van der Waals surface area (Å²) in [4.78, 5) is 30.4. The van der Waals surface area contributed by atoms with E-state index >= 15 is 0 Å². The number of rotatable bonds is 11. The predicted molar refractivity (Wildman–Crippen MR) is 120 cm³/mol. The minimum atomic E-state index is -0.451. The molecule has 0 unspecified atom stereocenters. The van der Waals surface area contributed by atoms with Crippen molar-refractivity contribution in [1.82, 2.24) is 24.6 Å². The molecule has 0 N–H and O–H groups in total. The number of carbonyl (C=O) groups excluding carboxylic acids is 2. The van der Waals surface area contributed by atoms with Crippen molar-refractivity contribution in [2.45, 2.75) is 12.1 Å². The smallest absolute Gasteiger partial charge is 0.325 e. The molecule has 0 saturated carbocycles. The van der Waals surface area contributed by atoms with Crippen LogP contribution in [0.25, 0.3) is 17.1 Å². The van der Waals surface area contributed by atoms with Crippen LogP contribution in [0.5, 0.6) is 0 Å². The summed E-state index contributed by atoms with van der Waals surface area (Å²) in [7, 11) is 1.55. The number of aromatic nitrogens is 4. The van der Waals surface area contributed by atoms with Gasteiger partial charge in [0.25, 0.3) is 0 Å². The summed E-state index contributed by atoms with van der Waals surface area (Å²) in [6, 6.07) is 13.4. The topological polar surface area (TPSA) is 99.4 Å².